The Hall–Kier alpha value is -2.89. The number of aromatic nitrogens is 3. The number of rotatable bonds is 4. The molecule has 1 amide bonds. The van der Waals surface area contributed by atoms with Gasteiger partial charge >= 0.3 is 0 Å². The molecule has 6 heteroatoms. The fourth-order valence-corrected chi connectivity index (χ4v) is 3.45. The molecule has 0 fully saturated rings. The average Bonchev–Trinajstić information content (AvgIpc) is 3.24. The maximum atomic E-state index is 12.8. The second-order valence-electron chi connectivity index (χ2n) is 6.37. The number of benzene rings is 1. The van der Waals surface area contributed by atoms with Gasteiger partial charge in [-0.15, -0.1) is 0 Å². The maximum Gasteiger partial charge on any atom is 0.268 e. The van der Waals surface area contributed by atoms with Crippen molar-refractivity contribution in [1.29, 1.82) is 0 Å². The summed E-state index contributed by atoms with van der Waals surface area (Å²) in [5, 5.41) is 7.08. The summed E-state index contributed by atoms with van der Waals surface area (Å²) in [6.45, 7) is 2.16. The van der Waals surface area contributed by atoms with Crippen molar-refractivity contribution in [1.82, 2.24) is 20.0 Å². The molecule has 1 unspecified atom stereocenters. The highest BCUT2D eigenvalue weighted by atomic mass is 16.5. The van der Waals surface area contributed by atoms with E-state index in [1.165, 1.54) is 11.1 Å². The van der Waals surface area contributed by atoms with Crippen LogP contribution in [0.25, 0.3) is 0 Å². The Kier molecular flexibility index (Phi) is 4.09. The molecule has 0 spiro atoms. The van der Waals surface area contributed by atoms with E-state index < -0.39 is 0 Å². The number of hydrogen-bond acceptors (Lipinski definition) is 4. The van der Waals surface area contributed by atoms with Crippen molar-refractivity contribution < 1.29 is 9.32 Å². The third-order valence-corrected chi connectivity index (χ3v) is 4.62. The van der Waals surface area contributed by atoms with Gasteiger partial charge in [0.2, 0.25) is 5.89 Å². The van der Waals surface area contributed by atoms with E-state index in [1.807, 2.05) is 29.0 Å². The molecular formula is C19H20N4O2. The van der Waals surface area contributed by atoms with Crippen molar-refractivity contribution in [3.8, 4) is 0 Å². The molecule has 0 saturated carbocycles. The molecule has 1 aliphatic carbocycles. The minimum atomic E-state index is -0.0769. The lowest BCUT2D eigenvalue weighted by Gasteiger charge is -2.26. The summed E-state index contributed by atoms with van der Waals surface area (Å²) in [4.78, 5) is 17.0. The zero-order valence-corrected chi connectivity index (χ0v) is 14.1. The second-order valence-corrected chi connectivity index (χ2v) is 6.37. The van der Waals surface area contributed by atoms with E-state index in [9.17, 15) is 4.79 Å². The fourth-order valence-electron chi connectivity index (χ4n) is 3.45. The van der Waals surface area contributed by atoms with Crippen LogP contribution in [0.4, 0.5) is 0 Å². The van der Waals surface area contributed by atoms with Gasteiger partial charge in [0.25, 0.3) is 5.91 Å². The van der Waals surface area contributed by atoms with E-state index in [2.05, 4.69) is 33.7 Å². The van der Waals surface area contributed by atoms with Crippen LogP contribution < -0.4 is 5.32 Å². The first-order valence-electron chi connectivity index (χ1n) is 8.54. The highest BCUT2D eigenvalue weighted by Gasteiger charge is 2.23. The molecule has 1 N–H and O–H groups in total. The molecular weight excluding hydrogens is 316 g/mol. The van der Waals surface area contributed by atoms with E-state index in [-0.39, 0.29) is 11.9 Å². The summed E-state index contributed by atoms with van der Waals surface area (Å²) in [6.07, 6.45) is 4.99. The van der Waals surface area contributed by atoms with Crippen LogP contribution in [0, 0.1) is 6.92 Å². The first-order chi connectivity index (χ1) is 12.2. The van der Waals surface area contributed by atoms with Crippen molar-refractivity contribution in [2.24, 2.45) is 0 Å². The Balaban J connectivity index is 1.52. The van der Waals surface area contributed by atoms with Gasteiger partial charge in [-0.3, -0.25) is 4.79 Å². The molecule has 0 radical (unpaired) electrons. The third-order valence-electron chi connectivity index (χ3n) is 4.62. The molecule has 25 heavy (non-hydrogen) atoms. The van der Waals surface area contributed by atoms with Gasteiger partial charge in [-0.1, -0.05) is 29.4 Å². The zero-order chi connectivity index (χ0) is 17.2. The summed E-state index contributed by atoms with van der Waals surface area (Å²) in [6, 6.07) is 12.1. The van der Waals surface area contributed by atoms with Gasteiger partial charge < -0.3 is 14.4 Å². The molecule has 0 aliphatic heterocycles. The number of amides is 1. The summed E-state index contributed by atoms with van der Waals surface area (Å²) in [7, 11) is 0. The summed E-state index contributed by atoms with van der Waals surface area (Å²) < 4.78 is 6.84. The number of aryl methyl sites for hydroxylation is 2. The van der Waals surface area contributed by atoms with Crippen molar-refractivity contribution >= 4 is 5.91 Å². The molecule has 1 atom stereocenters. The first kappa shape index (κ1) is 15.6. The molecule has 6 nitrogen and oxygen atoms in total. The van der Waals surface area contributed by atoms with Gasteiger partial charge in [0.1, 0.15) is 5.69 Å². The summed E-state index contributed by atoms with van der Waals surface area (Å²) in [5.74, 6) is 1.00. The predicted octanol–water partition coefficient (Wildman–Crippen LogP) is 3.04. The molecule has 2 aromatic heterocycles. The smallest absolute Gasteiger partial charge is 0.268 e. The average molecular weight is 336 g/mol. The van der Waals surface area contributed by atoms with Crippen molar-refractivity contribution in [3.63, 3.8) is 0 Å². The quantitative estimate of drug-likeness (QED) is 0.795. The summed E-state index contributed by atoms with van der Waals surface area (Å²) >= 11 is 0. The van der Waals surface area contributed by atoms with E-state index >= 15 is 0 Å². The number of nitrogens with one attached hydrogen (secondary N) is 1. The van der Waals surface area contributed by atoms with Gasteiger partial charge in [-0.25, -0.2) is 0 Å². The minimum absolute atomic E-state index is 0.0632. The number of fused-ring (bicyclic) bond motifs is 1. The SMILES string of the molecule is Cc1nc(Cn2cccc2C(=O)NC2CCCc3ccccc32)no1. The maximum absolute atomic E-state index is 12.8. The lowest BCUT2D eigenvalue weighted by atomic mass is 9.87. The number of nitrogens with zero attached hydrogens (tertiary/aromatic N) is 3. The van der Waals surface area contributed by atoms with Gasteiger partial charge in [0, 0.05) is 13.1 Å². The van der Waals surface area contributed by atoms with Gasteiger partial charge in [-0.05, 0) is 42.5 Å². The Labute approximate surface area is 145 Å². The highest BCUT2D eigenvalue weighted by molar-refractivity contribution is 5.93. The Morgan fingerprint density at radius 2 is 2.20 bits per heavy atom. The molecule has 0 saturated heterocycles. The normalized spacial score (nSPS) is 16.4. The van der Waals surface area contributed by atoms with Gasteiger partial charge in [0.15, 0.2) is 5.82 Å². The topological polar surface area (TPSA) is 73.0 Å². The number of carbonyl (C=O) groups excluding carboxylic acids is 1. The van der Waals surface area contributed by atoms with Gasteiger partial charge in [0.05, 0.1) is 12.6 Å². The number of carbonyl (C=O) groups is 1. The van der Waals surface area contributed by atoms with Crippen LogP contribution in [0.15, 0.2) is 47.1 Å². The van der Waals surface area contributed by atoms with E-state index in [0.29, 0.717) is 24.0 Å². The Morgan fingerprint density at radius 3 is 3.04 bits per heavy atom. The molecule has 2 heterocycles. The van der Waals surface area contributed by atoms with Crippen LogP contribution in [0.1, 0.15) is 52.2 Å². The van der Waals surface area contributed by atoms with Crippen LogP contribution in [-0.4, -0.2) is 20.6 Å². The van der Waals surface area contributed by atoms with Gasteiger partial charge in [-0.2, -0.15) is 4.98 Å². The largest absolute Gasteiger partial charge is 0.344 e. The Bertz CT molecular complexity index is 896. The first-order valence-corrected chi connectivity index (χ1v) is 8.54. The second kappa shape index (κ2) is 6.55. The molecule has 1 aromatic carbocycles. The zero-order valence-electron chi connectivity index (χ0n) is 14.1. The lowest BCUT2D eigenvalue weighted by Crippen LogP contribution is -2.32. The molecule has 128 valence electrons. The van der Waals surface area contributed by atoms with Crippen LogP contribution >= 0.6 is 0 Å². The minimum Gasteiger partial charge on any atom is -0.344 e. The Morgan fingerprint density at radius 1 is 1.32 bits per heavy atom. The standard InChI is InChI=1S/C19H20N4O2/c1-13-20-18(22-25-13)12-23-11-5-10-17(23)19(24)21-16-9-4-7-14-6-2-3-8-15(14)16/h2-3,5-6,8,10-11,16H,4,7,9,12H2,1H3,(H,21,24). The van der Waals surface area contributed by atoms with Crippen molar-refractivity contribution in [2.75, 3.05) is 0 Å². The third kappa shape index (κ3) is 3.20. The van der Waals surface area contributed by atoms with Crippen LogP contribution in [-0.2, 0) is 13.0 Å². The van der Waals surface area contributed by atoms with E-state index in [4.69, 9.17) is 4.52 Å². The van der Waals surface area contributed by atoms with Crippen LogP contribution in [0.5, 0.6) is 0 Å². The number of hydrogen-bond donors (Lipinski definition) is 1. The molecule has 0 bridgehead atoms. The van der Waals surface area contributed by atoms with E-state index in [0.717, 1.165) is 19.3 Å². The molecule has 4 rings (SSSR count). The molecule has 3 aromatic rings. The molecule has 1 aliphatic rings. The van der Waals surface area contributed by atoms with Crippen LogP contribution in [0.3, 0.4) is 0 Å². The fraction of sp³-hybridized carbons (Fsp3) is 0.316. The van der Waals surface area contributed by atoms with E-state index in [1.54, 1.807) is 6.92 Å². The predicted molar refractivity (Wildman–Crippen MR) is 92.2 cm³/mol. The monoisotopic (exact) mass is 336 g/mol. The highest BCUT2D eigenvalue weighted by Crippen LogP contribution is 2.29. The summed E-state index contributed by atoms with van der Waals surface area (Å²) in [5.41, 5.74) is 3.16. The van der Waals surface area contributed by atoms with Crippen molar-refractivity contribution in [2.45, 2.75) is 38.8 Å². The van der Waals surface area contributed by atoms with Crippen LogP contribution in [0.2, 0.25) is 0 Å². The lowest BCUT2D eigenvalue weighted by molar-refractivity contribution is 0.0923. The van der Waals surface area contributed by atoms with Crippen molar-refractivity contribution in [3.05, 3.63) is 71.1 Å².